The second kappa shape index (κ2) is 9.55. The van der Waals surface area contributed by atoms with Crippen LogP contribution in [0.5, 0.6) is 5.75 Å². The predicted octanol–water partition coefficient (Wildman–Crippen LogP) is 4.65. The van der Waals surface area contributed by atoms with Gasteiger partial charge >= 0.3 is 5.97 Å². The van der Waals surface area contributed by atoms with Crippen LogP contribution >= 0.6 is 27.3 Å². The number of rotatable bonds is 6. The molecule has 2 aromatic carbocycles. The van der Waals surface area contributed by atoms with E-state index in [0.717, 1.165) is 20.5 Å². The van der Waals surface area contributed by atoms with Crippen LogP contribution in [0.3, 0.4) is 0 Å². The van der Waals surface area contributed by atoms with Crippen LogP contribution < -0.4 is 15.6 Å². The Morgan fingerprint density at radius 1 is 1.18 bits per heavy atom. The molecule has 0 spiro atoms. The van der Waals surface area contributed by atoms with Crippen molar-refractivity contribution in [3.05, 3.63) is 80.0 Å². The summed E-state index contributed by atoms with van der Waals surface area (Å²) in [7, 11) is 1.54. The number of carbonyl (C=O) groups is 2. The van der Waals surface area contributed by atoms with Crippen LogP contribution in [-0.4, -0.2) is 35.4 Å². The molecule has 33 heavy (non-hydrogen) atoms. The van der Waals surface area contributed by atoms with Gasteiger partial charge in [0.2, 0.25) is 0 Å². The first-order valence-electron chi connectivity index (χ1n) is 9.86. The van der Waals surface area contributed by atoms with Crippen LogP contribution in [0, 0.1) is 0 Å². The first-order valence-corrected chi connectivity index (χ1v) is 11.5. The van der Waals surface area contributed by atoms with E-state index in [9.17, 15) is 14.4 Å². The number of thiophene rings is 1. The number of nitrogens with zero attached hydrogens (tertiary/aromatic N) is 2. The number of fused-ring (bicyclic) bond motifs is 1. The minimum Gasteiger partial charge on any atom is -0.497 e. The SMILES string of the molecule is CCOC(=O)c1nn(-c2ccc(OC)cc2)c(=O)c2c(NC(=O)c3cccc(Br)c3)scc12. The Balaban J connectivity index is 1.87. The molecule has 1 N–H and O–H groups in total. The topological polar surface area (TPSA) is 99.5 Å². The van der Waals surface area contributed by atoms with Crippen molar-refractivity contribution in [3.8, 4) is 11.4 Å². The Bertz CT molecular complexity index is 1410. The van der Waals surface area contributed by atoms with Crippen LogP contribution in [0.2, 0.25) is 0 Å². The van der Waals surface area contributed by atoms with Crippen molar-refractivity contribution in [1.29, 1.82) is 0 Å². The number of anilines is 1. The van der Waals surface area contributed by atoms with Gasteiger partial charge in [0.05, 0.1) is 24.8 Å². The third kappa shape index (κ3) is 4.53. The highest BCUT2D eigenvalue weighted by molar-refractivity contribution is 9.10. The van der Waals surface area contributed by atoms with Gasteiger partial charge in [0.15, 0.2) is 5.69 Å². The number of halogens is 1. The van der Waals surface area contributed by atoms with Crippen LogP contribution in [0.25, 0.3) is 16.5 Å². The summed E-state index contributed by atoms with van der Waals surface area (Å²) in [6.45, 7) is 1.84. The maximum Gasteiger partial charge on any atom is 0.359 e. The average molecular weight is 528 g/mol. The van der Waals surface area contributed by atoms with Crippen molar-refractivity contribution in [1.82, 2.24) is 9.78 Å². The summed E-state index contributed by atoms with van der Waals surface area (Å²) < 4.78 is 12.2. The number of methoxy groups -OCH3 is 1. The van der Waals surface area contributed by atoms with Gasteiger partial charge in [-0.05, 0) is 49.4 Å². The van der Waals surface area contributed by atoms with Gasteiger partial charge in [0, 0.05) is 20.8 Å². The first-order chi connectivity index (χ1) is 15.9. The Morgan fingerprint density at radius 2 is 1.94 bits per heavy atom. The molecule has 0 aliphatic heterocycles. The van der Waals surface area contributed by atoms with Gasteiger partial charge in [-0.15, -0.1) is 11.3 Å². The van der Waals surface area contributed by atoms with Crippen LogP contribution in [0.1, 0.15) is 27.8 Å². The van der Waals surface area contributed by atoms with E-state index < -0.39 is 11.5 Å². The maximum atomic E-state index is 13.4. The van der Waals surface area contributed by atoms with Crippen molar-refractivity contribution in [2.75, 3.05) is 19.0 Å². The van der Waals surface area contributed by atoms with Crippen molar-refractivity contribution in [2.24, 2.45) is 0 Å². The molecule has 8 nitrogen and oxygen atoms in total. The number of esters is 1. The zero-order valence-electron chi connectivity index (χ0n) is 17.6. The Labute approximate surface area is 200 Å². The van der Waals surface area contributed by atoms with Gasteiger partial charge < -0.3 is 14.8 Å². The molecule has 10 heteroatoms. The van der Waals surface area contributed by atoms with Gasteiger partial charge in [-0.1, -0.05) is 22.0 Å². The Kier molecular flexibility index (Phi) is 6.57. The molecule has 2 aromatic heterocycles. The largest absolute Gasteiger partial charge is 0.497 e. The molecule has 0 fully saturated rings. The highest BCUT2D eigenvalue weighted by Gasteiger charge is 2.23. The molecule has 168 valence electrons. The van der Waals surface area contributed by atoms with Gasteiger partial charge in [0.1, 0.15) is 10.8 Å². The zero-order chi connectivity index (χ0) is 23.5. The van der Waals surface area contributed by atoms with E-state index in [0.29, 0.717) is 27.4 Å². The van der Waals surface area contributed by atoms with Gasteiger partial charge in [-0.2, -0.15) is 9.78 Å². The van der Waals surface area contributed by atoms with Gasteiger partial charge in [-0.3, -0.25) is 9.59 Å². The number of hydrogen-bond acceptors (Lipinski definition) is 7. The molecular formula is C23H18BrN3O5S. The average Bonchev–Trinajstić information content (AvgIpc) is 3.23. The summed E-state index contributed by atoms with van der Waals surface area (Å²) in [5.74, 6) is -0.437. The number of aromatic nitrogens is 2. The van der Waals surface area contributed by atoms with E-state index in [1.165, 1.54) is 7.11 Å². The molecule has 0 atom stereocenters. The normalized spacial score (nSPS) is 10.8. The van der Waals surface area contributed by atoms with Crippen LogP contribution in [-0.2, 0) is 4.74 Å². The number of ether oxygens (including phenoxy) is 2. The molecule has 0 radical (unpaired) electrons. The Hall–Kier alpha value is -3.50. The summed E-state index contributed by atoms with van der Waals surface area (Å²) in [5.41, 5.74) is 0.361. The quantitative estimate of drug-likeness (QED) is 0.366. The standard InChI is InChI=1S/C23H18BrN3O5S/c1-3-32-23(30)19-17-12-33-21(25-20(28)13-5-4-6-14(24)11-13)18(17)22(29)27(26-19)15-7-9-16(31-2)10-8-15/h4-12H,3H2,1-2H3,(H,25,28). The summed E-state index contributed by atoms with van der Waals surface area (Å²) in [6, 6.07) is 13.6. The number of amides is 1. The molecule has 1 amide bonds. The van der Waals surface area contributed by atoms with Gasteiger partial charge in [0.25, 0.3) is 11.5 Å². The number of hydrogen-bond donors (Lipinski definition) is 1. The molecule has 0 aliphatic carbocycles. The molecule has 0 unspecified atom stereocenters. The molecular weight excluding hydrogens is 510 g/mol. The molecule has 0 bridgehead atoms. The predicted molar refractivity (Wildman–Crippen MR) is 130 cm³/mol. The van der Waals surface area contributed by atoms with E-state index in [-0.39, 0.29) is 23.6 Å². The lowest BCUT2D eigenvalue weighted by molar-refractivity contribution is 0.0520. The summed E-state index contributed by atoms with van der Waals surface area (Å²) in [6.07, 6.45) is 0. The molecule has 0 saturated heterocycles. The van der Waals surface area contributed by atoms with E-state index in [4.69, 9.17) is 9.47 Å². The van der Waals surface area contributed by atoms with Gasteiger partial charge in [-0.25, -0.2) is 4.79 Å². The van der Waals surface area contributed by atoms with E-state index in [1.807, 2.05) is 6.07 Å². The zero-order valence-corrected chi connectivity index (χ0v) is 20.0. The fourth-order valence-electron chi connectivity index (χ4n) is 3.20. The summed E-state index contributed by atoms with van der Waals surface area (Å²) in [5, 5.41) is 9.50. The highest BCUT2D eigenvalue weighted by atomic mass is 79.9. The highest BCUT2D eigenvalue weighted by Crippen LogP contribution is 2.31. The second-order valence-corrected chi connectivity index (χ2v) is 8.60. The number of carbonyl (C=O) groups excluding carboxylic acids is 2. The lowest BCUT2D eigenvalue weighted by Gasteiger charge is -2.10. The minimum atomic E-state index is -0.660. The first kappa shape index (κ1) is 22.7. The summed E-state index contributed by atoms with van der Waals surface area (Å²) in [4.78, 5) is 38.9. The van der Waals surface area contributed by atoms with E-state index in [1.54, 1.807) is 54.8 Å². The van der Waals surface area contributed by atoms with Crippen molar-refractivity contribution >= 4 is 54.9 Å². The third-order valence-corrected chi connectivity index (χ3v) is 6.14. The molecule has 4 aromatic rings. The molecule has 0 aliphatic rings. The molecule has 0 saturated carbocycles. The van der Waals surface area contributed by atoms with E-state index in [2.05, 4.69) is 26.3 Å². The fraction of sp³-hybridized carbons (Fsp3) is 0.130. The second-order valence-electron chi connectivity index (χ2n) is 6.80. The minimum absolute atomic E-state index is 0.0125. The maximum absolute atomic E-state index is 13.4. The molecule has 2 heterocycles. The lowest BCUT2D eigenvalue weighted by atomic mass is 10.2. The van der Waals surface area contributed by atoms with Crippen LogP contribution in [0.4, 0.5) is 5.00 Å². The summed E-state index contributed by atoms with van der Waals surface area (Å²) >= 11 is 4.49. The lowest BCUT2D eigenvalue weighted by Crippen LogP contribution is -2.25. The van der Waals surface area contributed by atoms with Crippen molar-refractivity contribution < 1.29 is 19.1 Å². The van der Waals surface area contributed by atoms with Crippen molar-refractivity contribution in [2.45, 2.75) is 6.92 Å². The van der Waals surface area contributed by atoms with Crippen molar-refractivity contribution in [3.63, 3.8) is 0 Å². The van der Waals surface area contributed by atoms with E-state index >= 15 is 0 Å². The monoisotopic (exact) mass is 527 g/mol. The number of nitrogens with one attached hydrogen (secondary N) is 1. The number of benzene rings is 2. The Morgan fingerprint density at radius 3 is 2.61 bits per heavy atom. The smallest absolute Gasteiger partial charge is 0.359 e. The fourth-order valence-corrected chi connectivity index (χ4v) is 4.53. The third-order valence-electron chi connectivity index (χ3n) is 4.75. The molecule has 4 rings (SSSR count). The van der Waals surface area contributed by atoms with Crippen LogP contribution in [0.15, 0.2) is 63.2 Å².